The molecule has 3 N–H and O–H groups in total. The number of hydrogen-bond donors (Lipinski definition) is 3. The Balaban J connectivity index is 1.83. The first kappa shape index (κ1) is 29.0. The maximum absolute atomic E-state index is 14.6. The topological polar surface area (TPSA) is 130 Å². The number of esters is 2. The van der Waals surface area contributed by atoms with E-state index in [-0.39, 0.29) is 36.1 Å². The number of allylic oxidation sites excluding steroid dienone is 1. The van der Waals surface area contributed by atoms with Crippen molar-refractivity contribution in [2.75, 3.05) is 6.61 Å². The van der Waals surface area contributed by atoms with Crippen LogP contribution in [-0.2, 0) is 23.9 Å². The first-order valence-electron chi connectivity index (χ1n) is 14.2. The summed E-state index contributed by atoms with van der Waals surface area (Å²) in [5.74, 6) is -2.89. The Bertz CT molecular complexity index is 1060. The van der Waals surface area contributed by atoms with Crippen LogP contribution < -0.4 is 0 Å². The van der Waals surface area contributed by atoms with Crippen LogP contribution >= 0.6 is 0 Å². The lowest BCUT2D eigenvalue weighted by molar-refractivity contribution is -0.204. The second-order valence-electron chi connectivity index (χ2n) is 12.5. The van der Waals surface area contributed by atoms with E-state index in [2.05, 4.69) is 0 Å². The van der Waals surface area contributed by atoms with Gasteiger partial charge < -0.3 is 24.8 Å². The van der Waals surface area contributed by atoms with Gasteiger partial charge in [-0.2, -0.15) is 0 Å². The highest BCUT2D eigenvalue weighted by atomic mass is 16.6. The van der Waals surface area contributed by atoms with Gasteiger partial charge in [-0.3, -0.25) is 14.4 Å². The Morgan fingerprint density at radius 3 is 2.39 bits per heavy atom. The molecule has 4 aliphatic carbocycles. The molecule has 4 aliphatic rings. The van der Waals surface area contributed by atoms with Crippen LogP contribution in [0.5, 0.6) is 0 Å². The summed E-state index contributed by atoms with van der Waals surface area (Å²) in [6, 6.07) is 0. The van der Waals surface area contributed by atoms with Crippen molar-refractivity contribution in [3.63, 3.8) is 0 Å². The number of rotatable bonds is 9. The van der Waals surface area contributed by atoms with Crippen LogP contribution in [-0.4, -0.2) is 63.1 Å². The van der Waals surface area contributed by atoms with Crippen molar-refractivity contribution in [1.82, 2.24) is 0 Å². The predicted molar refractivity (Wildman–Crippen MR) is 140 cm³/mol. The number of unbranched alkanes of at least 4 members (excludes halogenated alkanes) is 2. The molecule has 0 amide bonds. The molecule has 2 fully saturated rings. The van der Waals surface area contributed by atoms with Gasteiger partial charge in [-0.15, -0.1) is 0 Å². The number of carbonyl (C=O) groups excluding carboxylic acids is 3. The number of ether oxygens (including phenoxy) is 2. The Hall–Kier alpha value is -2.03. The third-order valence-corrected chi connectivity index (χ3v) is 10.0. The summed E-state index contributed by atoms with van der Waals surface area (Å²) in [6.07, 6.45) is 4.14. The van der Waals surface area contributed by atoms with E-state index in [4.69, 9.17) is 9.47 Å². The smallest absolute Gasteiger partial charge is 0.306 e. The third kappa shape index (κ3) is 3.77. The number of Topliss-reactive ketones (excluding diaryl/α,β-unsaturated/α-hetero) is 1. The van der Waals surface area contributed by atoms with Crippen LogP contribution in [0.3, 0.4) is 0 Å². The maximum atomic E-state index is 14.6. The van der Waals surface area contributed by atoms with E-state index in [0.717, 1.165) is 12.8 Å². The molecule has 8 heteroatoms. The molecule has 4 rings (SSSR count). The van der Waals surface area contributed by atoms with Gasteiger partial charge in [-0.05, 0) is 43.3 Å². The number of aliphatic hydroxyl groups excluding tert-OH is 2. The minimum atomic E-state index is -2.22. The average molecular weight is 533 g/mol. The van der Waals surface area contributed by atoms with Crippen molar-refractivity contribution in [3.05, 3.63) is 23.3 Å². The molecular formula is C30H44O8. The molecule has 8 nitrogen and oxygen atoms in total. The van der Waals surface area contributed by atoms with Gasteiger partial charge in [0, 0.05) is 30.1 Å². The van der Waals surface area contributed by atoms with Crippen LogP contribution in [0.25, 0.3) is 0 Å². The van der Waals surface area contributed by atoms with Crippen molar-refractivity contribution in [3.8, 4) is 0 Å². The van der Waals surface area contributed by atoms with Crippen LogP contribution in [0.15, 0.2) is 23.3 Å². The predicted octanol–water partition coefficient (Wildman–Crippen LogP) is 3.41. The van der Waals surface area contributed by atoms with Crippen molar-refractivity contribution in [2.45, 2.75) is 110 Å². The fraction of sp³-hybridized carbons (Fsp3) is 0.767. The summed E-state index contributed by atoms with van der Waals surface area (Å²) in [4.78, 5) is 40.2. The SMILES string of the molecule is CCCCCC(=O)O[C@H]1C(C)=C[C@]23C(=O)[C@@H](C=C(CO)[C@@H](O)[C@]12O)[C@@H]1C(C)(C)[C@]1(OC(=O)CCC)C[C@H]3C. The average Bonchev–Trinajstić information content (AvgIpc) is 3.24. The van der Waals surface area contributed by atoms with Gasteiger partial charge in [-0.1, -0.05) is 59.6 Å². The van der Waals surface area contributed by atoms with Crippen molar-refractivity contribution >= 4 is 17.7 Å². The lowest BCUT2D eigenvalue weighted by Gasteiger charge is -2.49. The van der Waals surface area contributed by atoms with Crippen LogP contribution in [0.1, 0.15) is 86.5 Å². The zero-order valence-corrected chi connectivity index (χ0v) is 23.6. The number of aliphatic hydroxyl groups is 3. The highest BCUT2D eigenvalue weighted by molar-refractivity contribution is 5.96. The summed E-state index contributed by atoms with van der Waals surface area (Å²) in [5, 5.41) is 34.4. The number of carbonyl (C=O) groups is 3. The quantitative estimate of drug-likeness (QED) is 0.234. The molecule has 0 aromatic heterocycles. The summed E-state index contributed by atoms with van der Waals surface area (Å²) in [7, 11) is 0. The van der Waals surface area contributed by atoms with Gasteiger partial charge in [-0.25, -0.2) is 0 Å². The number of ketones is 1. The molecule has 0 unspecified atom stereocenters. The van der Waals surface area contributed by atoms with Gasteiger partial charge in [0.2, 0.25) is 0 Å². The molecule has 0 aromatic carbocycles. The molecule has 0 heterocycles. The van der Waals surface area contributed by atoms with E-state index in [1.165, 1.54) is 0 Å². The van der Waals surface area contributed by atoms with Crippen molar-refractivity contribution in [2.24, 2.45) is 28.6 Å². The van der Waals surface area contributed by atoms with E-state index >= 15 is 0 Å². The first-order valence-corrected chi connectivity index (χ1v) is 14.2. The van der Waals surface area contributed by atoms with Gasteiger partial charge in [0.1, 0.15) is 11.7 Å². The molecule has 0 aromatic rings. The molecular weight excluding hydrogens is 488 g/mol. The standard InChI is InChI=1S/C30H44O8/c1-7-9-10-12-21(32)37-26-17(3)14-28-18(4)15-29(38-22(33)11-8-2)23(27(29,5)6)20(25(28)35)13-19(16-31)24(34)30(26,28)36/h13-14,18,20,23-24,26,31,34,36H,7-12,15-16H2,1-6H3/t18-,20+,23-,24-,26+,28+,29+,30+/m1/s1. The van der Waals surface area contributed by atoms with Crippen molar-refractivity contribution < 1.29 is 39.2 Å². The molecule has 0 radical (unpaired) electrons. The third-order valence-electron chi connectivity index (χ3n) is 10.0. The number of hydrogen-bond acceptors (Lipinski definition) is 8. The zero-order chi connectivity index (χ0) is 28.3. The zero-order valence-electron chi connectivity index (χ0n) is 23.6. The van der Waals surface area contributed by atoms with Gasteiger partial charge in [0.25, 0.3) is 0 Å². The molecule has 0 aliphatic heterocycles. The normalized spacial score (nSPS) is 40.7. The number of fused-ring (bicyclic) bond motifs is 3. The second-order valence-corrected chi connectivity index (χ2v) is 12.5. The Morgan fingerprint density at radius 1 is 1.11 bits per heavy atom. The summed E-state index contributed by atoms with van der Waals surface area (Å²) in [6.45, 7) is 10.8. The molecule has 2 bridgehead atoms. The minimum absolute atomic E-state index is 0.105. The Morgan fingerprint density at radius 2 is 1.79 bits per heavy atom. The van der Waals surface area contributed by atoms with Crippen LogP contribution in [0.2, 0.25) is 0 Å². The van der Waals surface area contributed by atoms with Crippen LogP contribution in [0, 0.1) is 28.6 Å². The van der Waals surface area contributed by atoms with Gasteiger partial charge in [0.05, 0.1) is 12.0 Å². The summed E-state index contributed by atoms with van der Waals surface area (Å²) < 4.78 is 12.0. The highest BCUT2D eigenvalue weighted by Crippen LogP contribution is 2.75. The van der Waals surface area contributed by atoms with E-state index in [0.29, 0.717) is 24.8 Å². The lowest BCUT2D eigenvalue weighted by Crippen LogP contribution is -2.66. The molecule has 2 saturated carbocycles. The molecule has 0 saturated heterocycles. The largest absolute Gasteiger partial charge is 0.458 e. The summed E-state index contributed by atoms with van der Waals surface area (Å²) in [5.41, 5.74) is -4.68. The monoisotopic (exact) mass is 532 g/mol. The summed E-state index contributed by atoms with van der Waals surface area (Å²) >= 11 is 0. The maximum Gasteiger partial charge on any atom is 0.306 e. The molecule has 38 heavy (non-hydrogen) atoms. The lowest BCUT2D eigenvalue weighted by atomic mass is 9.59. The Labute approximate surface area is 225 Å². The first-order chi connectivity index (χ1) is 17.8. The van der Waals surface area contributed by atoms with Gasteiger partial charge in [0.15, 0.2) is 17.5 Å². The van der Waals surface area contributed by atoms with Crippen LogP contribution in [0.4, 0.5) is 0 Å². The Kier molecular flexibility index (Phi) is 7.52. The second kappa shape index (κ2) is 9.86. The van der Waals surface area contributed by atoms with Gasteiger partial charge >= 0.3 is 11.9 Å². The van der Waals surface area contributed by atoms with E-state index < -0.39 is 58.7 Å². The van der Waals surface area contributed by atoms with E-state index in [9.17, 15) is 29.7 Å². The molecule has 212 valence electrons. The fourth-order valence-corrected chi connectivity index (χ4v) is 8.06. The minimum Gasteiger partial charge on any atom is -0.458 e. The fourth-order valence-electron chi connectivity index (χ4n) is 8.06. The molecule has 8 atom stereocenters. The van der Waals surface area contributed by atoms with E-state index in [1.54, 1.807) is 19.1 Å². The highest BCUT2D eigenvalue weighted by Gasteiger charge is 2.83. The van der Waals surface area contributed by atoms with Crippen molar-refractivity contribution in [1.29, 1.82) is 0 Å². The van der Waals surface area contributed by atoms with E-state index in [1.807, 2.05) is 34.6 Å². The molecule has 1 spiro atoms.